The van der Waals surface area contributed by atoms with Gasteiger partial charge in [-0.25, -0.2) is 9.97 Å². The van der Waals surface area contributed by atoms with E-state index in [0.29, 0.717) is 5.02 Å². The summed E-state index contributed by atoms with van der Waals surface area (Å²) in [6.07, 6.45) is 1.51. The fourth-order valence-corrected chi connectivity index (χ4v) is 3.50. The largest absolute Gasteiger partial charge is 0.460 e. The minimum atomic E-state index is -0.276. The number of benzene rings is 1. The van der Waals surface area contributed by atoms with E-state index >= 15 is 0 Å². The number of ether oxygens (including phenoxy) is 1. The molecule has 0 aliphatic carbocycles. The molecule has 3 rings (SSSR count). The van der Waals surface area contributed by atoms with Crippen molar-refractivity contribution in [1.82, 2.24) is 9.97 Å². The molecule has 0 saturated carbocycles. The molecule has 3 aromatic rings. The fourth-order valence-electron chi connectivity index (χ4n) is 1.80. The highest BCUT2D eigenvalue weighted by Crippen LogP contribution is 2.27. The summed E-state index contributed by atoms with van der Waals surface area (Å²) in [5, 5.41) is 4.40. The van der Waals surface area contributed by atoms with Crippen LogP contribution >= 0.6 is 34.7 Å². The summed E-state index contributed by atoms with van der Waals surface area (Å²) in [4.78, 5) is 21.1. The Morgan fingerprint density at radius 3 is 2.86 bits per heavy atom. The van der Waals surface area contributed by atoms with Crippen LogP contribution in [0.25, 0.3) is 10.2 Å². The summed E-state index contributed by atoms with van der Waals surface area (Å²) in [5.41, 5.74) is 0.907. The lowest BCUT2D eigenvalue weighted by Gasteiger charge is -2.05. The van der Waals surface area contributed by atoms with Crippen molar-refractivity contribution in [2.24, 2.45) is 0 Å². The molecule has 0 fully saturated rings. The van der Waals surface area contributed by atoms with E-state index in [4.69, 9.17) is 16.3 Å². The molecule has 2 aromatic heterocycles. The first kappa shape index (κ1) is 15.3. The molecular formula is C15H11ClN2O2S2. The van der Waals surface area contributed by atoms with Crippen molar-refractivity contribution in [2.45, 2.75) is 11.6 Å². The number of nitrogens with zero attached hydrogens (tertiary/aromatic N) is 2. The Hall–Kier alpha value is -1.63. The molecule has 0 spiro atoms. The summed E-state index contributed by atoms with van der Waals surface area (Å²) in [5.74, 6) is -0.0582. The van der Waals surface area contributed by atoms with Crippen LogP contribution in [0, 0.1) is 0 Å². The van der Waals surface area contributed by atoms with E-state index in [1.807, 2.05) is 23.6 Å². The molecule has 0 bridgehead atoms. The van der Waals surface area contributed by atoms with E-state index in [1.54, 1.807) is 23.5 Å². The van der Waals surface area contributed by atoms with Crippen LogP contribution in [0.15, 0.2) is 47.1 Å². The summed E-state index contributed by atoms with van der Waals surface area (Å²) in [6.45, 7) is 0.244. The van der Waals surface area contributed by atoms with Gasteiger partial charge in [0.05, 0.1) is 5.75 Å². The quantitative estimate of drug-likeness (QED) is 0.392. The van der Waals surface area contributed by atoms with E-state index in [2.05, 4.69) is 9.97 Å². The molecule has 7 heteroatoms. The minimum absolute atomic E-state index is 0.218. The van der Waals surface area contributed by atoms with Crippen LogP contribution in [0.2, 0.25) is 5.02 Å². The first-order chi connectivity index (χ1) is 10.7. The Morgan fingerprint density at radius 2 is 2.05 bits per heavy atom. The third kappa shape index (κ3) is 3.76. The molecule has 22 heavy (non-hydrogen) atoms. The van der Waals surface area contributed by atoms with Crippen molar-refractivity contribution in [3.05, 3.63) is 52.6 Å². The average Bonchev–Trinajstić information content (AvgIpc) is 3.01. The number of halogens is 1. The highest BCUT2D eigenvalue weighted by Gasteiger charge is 2.09. The highest BCUT2D eigenvalue weighted by molar-refractivity contribution is 8.00. The van der Waals surface area contributed by atoms with Crippen molar-refractivity contribution in [2.75, 3.05) is 5.75 Å². The van der Waals surface area contributed by atoms with Crippen LogP contribution in [-0.4, -0.2) is 21.7 Å². The van der Waals surface area contributed by atoms with E-state index in [1.165, 1.54) is 18.1 Å². The summed E-state index contributed by atoms with van der Waals surface area (Å²) >= 11 is 8.72. The number of fused-ring (bicyclic) bond motifs is 1. The number of carbonyl (C=O) groups is 1. The molecule has 2 heterocycles. The number of hydrogen-bond acceptors (Lipinski definition) is 6. The van der Waals surface area contributed by atoms with Gasteiger partial charge in [0.2, 0.25) is 0 Å². The highest BCUT2D eigenvalue weighted by atomic mass is 35.5. The van der Waals surface area contributed by atoms with Crippen LogP contribution in [-0.2, 0) is 16.1 Å². The number of aromatic nitrogens is 2. The molecule has 1 aromatic carbocycles. The zero-order chi connectivity index (χ0) is 15.4. The Labute approximate surface area is 140 Å². The third-order valence-corrected chi connectivity index (χ3v) is 4.92. The van der Waals surface area contributed by atoms with Gasteiger partial charge < -0.3 is 4.74 Å². The monoisotopic (exact) mass is 350 g/mol. The van der Waals surface area contributed by atoms with Crippen molar-refractivity contribution in [3.63, 3.8) is 0 Å². The van der Waals surface area contributed by atoms with Crippen LogP contribution in [0.1, 0.15) is 5.56 Å². The lowest BCUT2D eigenvalue weighted by Crippen LogP contribution is -2.07. The van der Waals surface area contributed by atoms with Gasteiger partial charge in [-0.15, -0.1) is 11.3 Å². The second kappa shape index (κ2) is 7.09. The zero-order valence-corrected chi connectivity index (χ0v) is 13.7. The van der Waals surface area contributed by atoms with Crippen molar-refractivity contribution >= 4 is 50.9 Å². The molecule has 0 aliphatic rings. The SMILES string of the molecule is O=C(CSc1ncnc2sccc12)OCc1ccc(Cl)cc1. The zero-order valence-electron chi connectivity index (χ0n) is 11.4. The number of thioether (sulfide) groups is 1. The summed E-state index contributed by atoms with van der Waals surface area (Å²) < 4.78 is 5.24. The van der Waals surface area contributed by atoms with Gasteiger partial charge in [-0.1, -0.05) is 35.5 Å². The van der Waals surface area contributed by atoms with E-state index in [-0.39, 0.29) is 18.3 Å². The molecule has 0 aliphatic heterocycles. The van der Waals surface area contributed by atoms with Gasteiger partial charge in [-0.2, -0.15) is 0 Å². The van der Waals surface area contributed by atoms with Gasteiger partial charge in [-0.05, 0) is 29.1 Å². The molecule has 0 radical (unpaired) electrons. The van der Waals surface area contributed by atoms with Gasteiger partial charge in [0.15, 0.2) is 0 Å². The maximum atomic E-state index is 11.8. The van der Waals surface area contributed by atoms with Crippen molar-refractivity contribution in [1.29, 1.82) is 0 Å². The van der Waals surface area contributed by atoms with Gasteiger partial charge in [-0.3, -0.25) is 4.79 Å². The molecule has 0 unspecified atom stereocenters. The average molecular weight is 351 g/mol. The maximum Gasteiger partial charge on any atom is 0.316 e. The Balaban J connectivity index is 1.54. The second-order valence-electron chi connectivity index (χ2n) is 4.39. The second-order valence-corrected chi connectivity index (χ2v) is 6.69. The molecule has 0 N–H and O–H groups in total. The van der Waals surface area contributed by atoms with Crippen LogP contribution in [0.3, 0.4) is 0 Å². The van der Waals surface area contributed by atoms with Crippen LogP contribution < -0.4 is 0 Å². The Kier molecular flexibility index (Phi) is 4.92. The number of thiophene rings is 1. The number of esters is 1. The van der Waals surface area contributed by atoms with Crippen LogP contribution in [0.4, 0.5) is 0 Å². The minimum Gasteiger partial charge on any atom is -0.460 e. The molecular weight excluding hydrogens is 340 g/mol. The van der Waals surface area contributed by atoms with Gasteiger partial charge in [0.1, 0.15) is 22.8 Å². The Morgan fingerprint density at radius 1 is 1.23 bits per heavy atom. The first-order valence-corrected chi connectivity index (χ1v) is 8.68. The smallest absolute Gasteiger partial charge is 0.316 e. The van der Waals surface area contributed by atoms with Crippen LogP contribution in [0.5, 0.6) is 0 Å². The molecule has 112 valence electrons. The predicted octanol–water partition coefficient (Wildman–Crippen LogP) is 4.18. The first-order valence-electron chi connectivity index (χ1n) is 6.43. The number of carbonyl (C=O) groups excluding carboxylic acids is 1. The summed E-state index contributed by atoms with van der Waals surface area (Å²) in [7, 11) is 0. The van der Waals surface area contributed by atoms with Gasteiger partial charge in [0.25, 0.3) is 0 Å². The normalized spacial score (nSPS) is 10.8. The van der Waals surface area contributed by atoms with E-state index < -0.39 is 0 Å². The van der Waals surface area contributed by atoms with Gasteiger partial charge in [0, 0.05) is 10.4 Å². The van der Waals surface area contributed by atoms with Gasteiger partial charge >= 0.3 is 5.97 Å². The lowest BCUT2D eigenvalue weighted by molar-refractivity contribution is -0.141. The molecule has 0 amide bonds. The maximum absolute atomic E-state index is 11.8. The third-order valence-electron chi connectivity index (χ3n) is 2.86. The summed E-state index contributed by atoms with van der Waals surface area (Å²) in [6, 6.07) is 9.17. The molecule has 0 atom stereocenters. The topological polar surface area (TPSA) is 52.1 Å². The predicted molar refractivity (Wildman–Crippen MR) is 89.4 cm³/mol. The standard InChI is InChI=1S/C15H11ClN2O2S2/c16-11-3-1-10(2-4-11)7-20-13(19)8-22-15-12-5-6-21-14(12)17-9-18-15/h1-6,9H,7-8H2. The fraction of sp³-hybridized carbons (Fsp3) is 0.133. The van der Waals surface area contributed by atoms with Crippen molar-refractivity contribution in [3.8, 4) is 0 Å². The number of rotatable bonds is 5. The Bertz CT molecular complexity index is 790. The molecule has 4 nitrogen and oxygen atoms in total. The van der Waals surface area contributed by atoms with Crippen molar-refractivity contribution < 1.29 is 9.53 Å². The van der Waals surface area contributed by atoms with E-state index in [0.717, 1.165) is 20.8 Å². The van der Waals surface area contributed by atoms with E-state index in [9.17, 15) is 4.79 Å². The molecule has 0 saturated heterocycles. The number of hydrogen-bond donors (Lipinski definition) is 0. The lowest BCUT2D eigenvalue weighted by atomic mass is 10.2.